The van der Waals surface area contributed by atoms with Gasteiger partial charge in [0.25, 0.3) is 0 Å². The maximum absolute atomic E-state index is 6.13. The summed E-state index contributed by atoms with van der Waals surface area (Å²) in [4.78, 5) is 0. The van der Waals surface area contributed by atoms with Crippen LogP contribution in [0.25, 0.3) is 0 Å². The van der Waals surface area contributed by atoms with E-state index in [0.717, 1.165) is 19.3 Å². The first-order chi connectivity index (χ1) is 12.2. The van der Waals surface area contributed by atoms with Crippen LogP contribution in [0.5, 0.6) is 0 Å². The number of methoxy groups -OCH3 is 1. The molecule has 0 aromatic rings. The maximum Gasteiger partial charge on any atom is 0.313 e. The van der Waals surface area contributed by atoms with Gasteiger partial charge < -0.3 is 23.7 Å². The second kappa shape index (κ2) is 16.0. The molecule has 0 aliphatic heterocycles. The molecule has 0 saturated carbocycles. The minimum Gasteiger partial charge on any atom is -0.375 e. The highest BCUT2D eigenvalue weighted by Gasteiger charge is 2.47. The summed E-state index contributed by atoms with van der Waals surface area (Å²) >= 11 is 0. The van der Waals surface area contributed by atoms with Crippen LogP contribution in [0, 0.1) is 0 Å². The van der Waals surface area contributed by atoms with Gasteiger partial charge in [0.15, 0.2) is 6.10 Å². The highest BCUT2D eigenvalue weighted by Crippen LogP contribution is 2.29. The van der Waals surface area contributed by atoms with Gasteiger partial charge in [-0.15, -0.1) is 0 Å². The minimum atomic E-state index is -1.21. The largest absolute Gasteiger partial charge is 0.375 e. The molecule has 152 valence electrons. The normalized spacial score (nSPS) is 14.6. The Kier molecular flexibility index (Phi) is 15.9. The topological polar surface area (TPSA) is 46.2 Å². The average Bonchev–Trinajstić information content (AvgIpc) is 2.60. The van der Waals surface area contributed by atoms with Gasteiger partial charge in [-0.1, -0.05) is 46.0 Å². The summed E-state index contributed by atoms with van der Waals surface area (Å²) in [6.45, 7) is 12.3. The Bertz CT molecular complexity index is 268. The molecule has 0 N–H and O–H groups in total. The van der Waals surface area contributed by atoms with Crippen molar-refractivity contribution in [1.82, 2.24) is 0 Å². The monoisotopic (exact) mass is 362 g/mol. The molecule has 2 atom stereocenters. The predicted molar refractivity (Wildman–Crippen MR) is 102 cm³/mol. The Balaban J connectivity index is 5.15. The summed E-state index contributed by atoms with van der Waals surface area (Å²) in [5, 5.41) is 0. The van der Waals surface area contributed by atoms with E-state index in [4.69, 9.17) is 23.7 Å². The van der Waals surface area contributed by atoms with Gasteiger partial charge in [-0.05, 0) is 33.6 Å². The first-order valence-corrected chi connectivity index (χ1v) is 10.2. The molecule has 0 aliphatic rings. The molecule has 0 rings (SSSR count). The van der Waals surface area contributed by atoms with Gasteiger partial charge >= 0.3 is 5.97 Å². The van der Waals surface area contributed by atoms with Crippen molar-refractivity contribution in [2.24, 2.45) is 0 Å². The lowest BCUT2D eigenvalue weighted by Gasteiger charge is -2.41. The molecule has 25 heavy (non-hydrogen) atoms. The molecule has 5 heteroatoms. The summed E-state index contributed by atoms with van der Waals surface area (Å²) in [6, 6.07) is 0. The molecule has 0 spiro atoms. The molecule has 2 unspecified atom stereocenters. The summed E-state index contributed by atoms with van der Waals surface area (Å²) in [6.07, 6.45) is 7.46. The van der Waals surface area contributed by atoms with Crippen LogP contribution in [-0.2, 0) is 23.7 Å². The Hall–Kier alpha value is -0.200. The Morgan fingerprint density at radius 3 is 1.72 bits per heavy atom. The van der Waals surface area contributed by atoms with Gasteiger partial charge in [0.2, 0.25) is 0 Å². The molecule has 0 amide bonds. The summed E-state index contributed by atoms with van der Waals surface area (Å²) in [5.74, 6) is -1.21. The lowest BCUT2D eigenvalue weighted by Crippen LogP contribution is -2.56. The number of rotatable bonds is 18. The fourth-order valence-corrected chi connectivity index (χ4v) is 3.04. The fraction of sp³-hybridized carbons (Fsp3) is 1.00. The quantitative estimate of drug-likeness (QED) is 0.256. The van der Waals surface area contributed by atoms with Gasteiger partial charge in [0.05, 0.1) is 6.10 Å². The van der Waals surface area contributed by atoms with Crippen molar-refractivity contribution in [2.45, 2.75) is 97.7 Å². The van der Waals surface area contributed by atoms with E-state index in [9.17, 15) is 0 Å². The zero-order chi connectivity index (χ0) is 19.0. The minimum absolute atomic E-state index is 0.115. The third-order valence-electron chi connectivity index (χ3n) is 4.10. The zero-order valence-corrected chi connectivity index (χ0v) is 17.5. The lowest BCUT2D eigenvalue weighted by molar-refractivity contribution is -0.422. The van der Waals surface area contributed by atoms with Crippen LogP contribution in [0.15, 0.2) is 0 Å². The molecule has 0 aromatic carbocycles. The van der Waals surface area contributed by atoms with Crippen LogP contribution in [-0.4, -0.2) is 51.7 Å². The average molecular weight is 363 g/mol. The Labute approximate surface area is 155 Å². The van der Waals surface area contributed by atoms with Crippen molar-refractivity contribution >= 4 is 0 Å². The number of ether oxygens (including phenoxy) is 5. The van der Waals surface area contributed by atoms with Crippen molar-refractivity contribution in [3.05, 3.63) is 0 Å². The third-order valence-corrected chi connectivity index (χ3v) is 4.10. The van der Waals surface area contributed by atoms with Crippen molar-refractivity contribution < 1.29 is 23.7 Å². The summed E-state index contributed by atoms with van der Waals surface area (Å²) in [7, 11) is 1.68. The standard InChI is InChI=1S/C20H42O5/c1-7-12-13-14-15-16-18(22-17-8-2)19(21-6)20(23-9-3,24-10-4)25-11-5/h18-19H,7-17H2,1-6H3. The molecule has 0 fully saturated rings. The SMILES string of the molecule is CCCCCCCC(OCCC)C(OC)C(OCC)(OCC)OCC. The highest BCUT2D eigenvalue weighted by molar-refractivity contribution is 4.81. The third kappa shape index (κ3) is 9.34. The van der Waals surface area contributed by atoms with Gasteiger partial charge in [0.1, 0.15) is 0 Å². The first-order valence-electron chi connectivity index (χ1n) is 10.2. The van der Waals surface area contributed by atoms with Crippen molar-refractivity contribution in [1.29, 1.82) is 0 Å². The van der Waals surface area contributed by atoms with Gasteiger partial charge in [-0.25, -0.2) is 0 Å². The molecule has 0 saturated heterocycles. The number of unbranched alkanes of at least 4 members (excludes halogenated alkanes) is 4. The maximum atomic E-state index is 6.13. The fourth-order valence-electron chi connectivity index (χ4n) is 3.04. The van der Waals surface area contributed by atoms with Crippen molar-refractivity contribution in [3.63, 3.8) is 0 Å². The van der Waals surface area contributed by atoms with E-state index in [1.165, 1.54) is 25.7 Å². The molecule has 0 bridgehead atoms. The molecule has 0 aliphatic carbocycles. The predicted octanol–water partition coefficient (Wildman–Crippen LogP) is 4.92. The van der Waals surface area contributed by atoms with E-state index in [-0.39, 0.29) is 6.10 Å². The summed E-state index contributed by atoms with van der Waals surface area (Å²) < 4.78 is 29.7. The molecular weight excluding hydrogens is 320 g/mol. The van der Waals surface area contributed by atoms with Crippen LogP contribution < -0.4 is 0 Å². The van der Waals surface area contributed by atoms with Crippen molar-refractivity contribution in [3.8, 4) is 0 Å². The van der Waals surface area contributed by atoms with Crippen LogP contribution in [0.3, 0.4) is 0 Å². The Morgan fingerprint density at radius 2 is 1.28 bits per heavy atom. The molecule has 5 nitrogen and oxygen atoms in total. The van der Waals surface area contributed by atoms with E-state index in [1.807, 2.05) is 20.8 Å². The lowest BCUT2D eigenvalue weighted by atomic mass is 10.0. The molecule has 0 radical (unpaired) electrons. The molecule has 0 heterocycles. The summed E-state index contributed by atoms with van der Waals surface area (Å²) in [5.41, 5.74) is 0. The second-order valence-corrected chi connectivity index (χ2v) is 6.17. The van der Waals surface area contributed by atoms with Crippen molar-refractivity contribution in [2.75, 3.05) is 33.5 Å². The molecular formula is C20H42O5. The number of hydrogen-bond acceptors (Lipinski definition) is 5. The highest BCUT2D eigenvalue weighted by atomic mass is 16.9. The van der Waals surface area contributed by atoms with E-state index in [1.54, 1.807) is 7.11 Å². The van der Waals surface area contributed by atoms with E-state index in [0.29, 0.717) is 26.4 Å². The zero-order valence-electron chi connectivity index (χ0n) is 17.5. The second-order valence-electron chi connectivity index (χ2n) is 6.17. The van der Waals surface area contributed by atoms with Crippen LogP contribution in [0.4, 0.5) is 0 Å². The van der Waals surface area contributed by atoms with Crippen LogP contribution in [0.2, 0.25) is 0 Å². The van der Waals surface area contributed by atoms with Crippen LogP contribution >= 0.6 is 0 Å². The van der Waals surface area contributed by atoms with E-state index < -0.39 is 12.1 Å². The Morgan fingerprint density at radius 1 is 0.720 bits per heavy atom. The number of hydrogen-bond donors (Lipinski definition) is 0. The van der Waals surface area contributed by atoms with Gasteiger partial charge in [-0.2, -0.15) is 0 Å². The molecule has 0 aromatic heterocycles. The van der Waals surface area contributed by atoms with Crippen LogP contribution in [0.1, 0.15) is 79.6 Å². The smallest absolute Gasteiger partial charge is 0.313 e. The van der Waals surface area contributed by atoms with E-state index >= 15 is 0 Å². The van der Waals surface area contributed by atoms with E-state index in [2.05, 4.69) is 13.8 Å². The van der Waals surface area contributed by atoms with Gasteiger partial charge in [-0.3, -0.25) is 0 Å². The first kappa shape index (κ1) is 24.8. The van der Waals surface area contributed by atoms with Gasteiger partial charge in [0, 0.05) is 33.5 Å².